The van der Waals surface area contributed by atoms with E-state index >= 15 is 0 Å². The van der Waals surface area contributed by atoms with Crippen LogP contribution in [0.2, 0.25) is 0 Å². The molecule has 10 heteroatoms. The standard InChI is InChI=1S/C23H47O9P/c1-2-3-4-5-6-7-8-9-10-11-12-13-14-15-16-23(27)30-18-22(26)20-32-33(28,29)31-19-21(25)17-24/h21-22,24-26H,2-20H2,1H3,(H,28,29)/t21?,22-/m1/s1/i18D2,20D2,22D. The fourth-order valence-electron chi connectivity index (χ4n) is 3.00. The SMILES string of the molecule is [2H]C([2H])(OC(=O)CCCCCCCCCCCCCCCC)[C@@]([2H])(O)C([2H])([2H])OP(=O)(O)OCC(O)CO. The maximum atomic E-state index is 12.0. The van der Waals surface area contributed by atoms with Crippen LogP contribution < -0.4 is 0 Å². The minimum absolute atomic E-state index is 0.224. The molecule has 0 aliphatic heterocycles. The largest absolute Gasteiger partial charge is 0.472 e. The number of phosphoric acid groups is 1. The second-order valence-corrected chi connectivity index (χ2v) is 9.44. The highest BCUT2D eigenvalue weighted by molar-refractivity contribution is 7.47. The predicted molar refractivity (Wildman–Crippen MR) is 127 cm³/mol. The molecule has 0 aliphatic carbocycles. The van der Waals surface area contributed by atoms with Crippen molar-refractivity contribution in [3.05, 3.63) is 0 Å². The van der Waals surface area contributed by atoms with E-state index in [1.807, 2.05) is 0 Å². The molecule has 0 heterocycles. The van der Waals surface area contributed by atoms with Crippen LogP contribution in [0.15, 0.2) is 0 Å². The number of unbranched alkanes of at least 4 members (excludes halogenated alkanes) is 13. The summed E-state index contributed by atoms with van der Waals surface area (Å²) in [6, 6.07) is 0. The summed E-state index contributed by atoms with van der Waals surface area (Å²) in [5.74, 6) is -1.12. The first-order valence-corrected chi connectivity index (χ1v) is 13.5. The molecule has 198 valence electrons. The van der Waals surface area contributed by atoms with Crippen molar-refractivity contribution in [1.82, 2.24) is 0 Å². The summed E-state index contributed by atoms with van der Waals surface area (Å²) in [6.07, 6.45) is 9.68. The molecule has 0 aromatic carbocycles. The summed E-state index contributed by atoms with van der Waals surface area (Å²) in [4.78, 5) is 21.6. The van der Waals surface area contributed by atoms with Gasteiger partial charge in [-0.15, -0.1) is 0 Å². The van der Waals surface area contributed by atoms with Gasteiger partial charge in [-0.1, -0.05) is 90.4 Å². The summed E-state index contributed by atoms with van der Waals surface area (Å²) in [5, 5.41) is 28.0. The Bertz CT molecular complexity index is 698. The van der Waals surface area contributed by atoms with Crippen molar-refractivity contribution >= 4 is 13.8 Å². The summed E-state index contributed by atoms with van der Waals surface area (Å²) in [5.41, 5.74) is 0. The molecule has 4 N–H and O–H groups in total. The van der Waals surface area contributed by atoms with E-state index in [2.05, 4.69) is 20.7 Å². The van der Waals surface area contributed by atoms with E-state index in [1.54, 1.807) is 0 Å². The van der Waals surface area contributed by atoms with Crippen molar-refractivity contribution < 1.29 is 50.2 Å². The van der Waals surface area contributed by atoms with Crippen LogP contribution in [-0.2, 0) is 23.1 Å². The molecule has 0 saturated carbocycles. The average Bonchev–Trinajstić information content (AvgIpc) is 2.81. The Balaban J connectivity index is 4.31. The van der Waals surface area contributed by atoms with Crippen LogP contribution in [0.5, 0.6) is 0 Å². The maximum Gasteiger partial charge on any atom is 0.472 e. The number of carbonyl (C=O) groups is 1. The van der Waals surface area contributed by atoms with E-state index < -0.39 is 52.3 Å². The first kappa shape index (κ1) is 24.2. The third kappa shape index (κ3) is 23.0. The van der Waals surface area contributed by atoms with Gasteiger partial charge in [0.05, 0.1) is 26.6 Å². The molecule has 0 aromatic heterocycles. The van der Waals surface area contributed by atoms with Gasteiger partial charge in [0, 0.05) is 6.42 Å². The van der Waals surface area contributed by atoms with Gasteiger partial charge in [0.15, 0.2) is 0 Å². The molecule has 9 nitrogen and oxygen atoms in total. The smallest absolute Gasteiger partial charge is 0.463 e. The minimum Gasteiger partial charge on any atom is -0.463 e. The van der Waals surface area contributed by atoms with E-state index in [0.717, 1.165) is 25.7 Å². The number of aliphatic hydroxyl groups is 3. The van der Waals surface area contributed by atoms with Crippen molar-refractivity contribution in [3.63, 3.8) is 0 Å². The van der Waals surface area contributed by atoms with Crippen molar-refractivity contribution in [2.24, 2.45) is 0 Å². The number of phosphoric ester groups is 1. The number of carbonyl (C=O) groups excluding carboxylic acids is 1. The van der Waals surface area contributed by atoms with Crippen LogP contribution >= 0.6 is 7.82 Å². The van der Waals surface area contributed by atoms with Gasteiger partial charge in [-0.3, -0.25) is 13.8 Å². The van der Waals surface area contributed by atoms with Crippen molar-refractivity contribution in [2.45, 2.75) is 115 Å². The normalized spacial score (nSPS) is 19.2. The fourth-order valence-corrected chi connectivity index (χ4v) is 3.62. The van der Waals surface area contributed by atoms with Gasteiger partial charge in [0.2, 0.25) is 0 Å². The summed E-state index contributed by atoms with van der Waals surface area (Å²) in [7, 11) is -5.36. The van der Waals surface area contributed by atoms with E-state index in [-0.39, 0.29) is 6.42 Å². The number of ether oxygens (including phenoxy) is 1. The zero-order chi connectivity index (χ0) is 29.3. The van der Waals surface area contributed by atoms with Crippen LogP contribution in [0.3, 0.4) is 0 Å². The quantitative estimate of drug-likeness (QED) is 0.0863. The molecule has 0 saturated heterocycles. The molecular weight excluding hydrogens is 451 g/mol. The van der Waals surface area contributed by atoms with Crippen LogP contribution in [0.25, 0.3) is 0 Å². The molecule has 2 unspecified atom stereocenters. The molecule has 0 aliphatic rings. The molecule has 0 aromatic rings. The Morgan fingerprint density at radius 1 is 0.879 bits per heavy atom. The highest BCUT2D eigenvalue weighted by Crippen LogP contribution is 2.43. The van der Waals surface area contributed by atoms with Gasteiger partial charge < -0.3 is 24.9 Å². The molecule has 0 fully saturated rings. The number of hydrogen-bond acceptors (Lipinski definition) is 8. The molecule has 0 radical (unpaired) electrons. The van der Waals surface area contributed by atoms with E-state index in [1.165, 1.54) is 51.4 Å². The molecular formula is C23H47O9P. The number of aliphatic hydroxyl groups excluding tert-OH is 2. The Labute approximate surface area is 206 Å². The molecule has 3 atom stereocenters. The lowest BCUT2D eigenvalue weighted by atomic mass is 10.0. The monoisotopic (exact) mass is 503 g/mol. The van der Waals surface area contributed by atoms with Crippen LogP contribution in [0.4, 0.5) is 0 Å². The second-order valence-electron chi connectivity index (χ2n) is 8.07. The van der Waals surface area contributed by atoms with Gasteiger partial charge in [0.25, 0.3) is 0 Å². The van der Waals surface area contributed by atoms with Gasteiger partial charge >= 0.3 is 13.8 Å². The van der Waals surface area contributed by atoms with E-state index in [9.17, 15) is 19.4 Å². The van der Waals surface area contributed by atoms with Gasteiger partial charge in [-0.2, -0.15) is 0 Å². The lowest BCUT2D eigenvalue weighted by Crippen LogP contribution is -2.24. The Hall–Kier alpha value is -0.540. The molecule has 0 amide bonds. The second kappa shape index (κ2) is 22.0. The molecule has 33 heavy (non-hydrogen) atoms. The Morgan fingerprint density at radius 2 is 1.36 bits per heavy atom. The third-order valence-electron chi connectivity index (χ3n) is 4.89. The van der Waals surface area contributed by atoms with E-state index in [0.29, 0.717) is 12.8 Å². The molecule has 0 spiro atoms. The van der Waals surface area contributed by atoms with Crippen molar-refractivity contribution in [2.75, 3.05) is 26.3 Å². The predicted octanol–water partition coefficient (Wildman–Crippen LogP) is 4.25. The van der Waals surface area contributed by atoms with Gasteiger partial charge in [-0.05, 0) is 6.42 Å². The number of esters is 1. The zero-order valence-corrected chi connectivity index (χ0v) is 20.8. The number of hydrogen-bond donors (Lipinski definition) is 4. The van der Waals surface area contributed by atoms with Crippen LogP contribution in [0, 0.1) is 0 Å². The summed E-state index contributed by atoms with van der Waals surface area (Å²) >= 11 is 0. The highest BCUT2D eigenvalue weighted by atomic mass is 31.2. The van der Waals surface area contributed by atoms with Crippen molar-refractivity contribution in [1.29, 1.82) is 0 Å². The molecule has 0 bridgehead atoms. The Morgan fingerprint density at radius 3 is 1.85 bits per heavy atom. The van der Waals surface area contributed by atoms with Crippen molar-refractivity contribution in [3.8, 4) is 0 Å². The van der Waals surface area contributed by atoms with Crippen LogP contribution in [0.1, 0.15) is 110 Å². The molecule has 0 rings (SSSR count). The van der Waals surface area contributed by atoms with Gasteiger partial charge in [-0.25, -0.2) is 4.57 Å². The first-order valence-electron chi connectivity index (χ1n) is 14.5. The third-order valence-corrected chi connectivity index (χ3v) is 5.69. The lowest BCUT2D eigenvalue weighted by molar-refractivity contribution is -0.147. The van der Waals surface area contributed by atoms with Gasteiger partial charge in [0.1, 0.15) is 18.7 Å². The Kier molecular flexibility index (Phi) is 16.1. The summed E-state index contributed by atoms with van der Waals surface area (Å²) < 4.78 is 62.9. The topological polar surface area (TPSA) is 143 Å². The maximum absolute atomic E-state index is 12.0. The summed E-state index contributed by atoms with van der Waals surface area (Å²) in [6.45, 7) is -7.13. The van der Waals surface area contributed by atoms with Crippen LogP contribution in [-0.4, -0.2) is 64.7 Å². The van der Waals surface area contributed by atoms with E-state index in [4.69, 9.17) is 17.1 Å². The zero-order valence-electron chi connectivity index (χ0n) is 24.9. The lowest BCUT2D eigenvalue weighted by Gasteiger charge is -2.16. The first-order chi connectivity index (χ1) is 17.6. The highest BCUT2D eigenvalue weighted by Gasteiger charge is 2.24. The number of rotatable bonds is 24. The average molecular weight is 504 g/mol. The fraction of sp³-hybridized carbons (Fsp3) is 0.957. The minimum atomic E-state index is -5.36.